The Morgan fingerprint density at radius 1 is 0.927 bits per heavy atom. The first-order valence-electron chi connectivity index (χ1n) is 12.7. The molecule has 3 heterocycles. The van der Waals surface area contributed by atoms with E-state index in [1.165, 1.54) is 27.7 Å². The number of halogens is 3. The molecule has 2 N–H and O–H groups in total. The number of carbonyl (C=O) groups excluding carboxylic acids is 1. The highest BCUT2D eigenvalue weighted by atomic mass is 19.4. The molecule has 212 valence electrons. The lowest BCUT2D eigenvalue weighted by molar-refractivity contribution is -0.137. The van der Waals surface area contributed by atoms with Crippen molar-refractivity contribution in [2.45, 2.75) is 19.6 Å². The van der Waals surface area contributed by atoms with Crippen LogP contribution in [0.5, 0.6) is 0 Å². The largest absolute Gasteiger partial charge is 0.465 e. The molecule has 1 saturated heterocycles. The molecular weight excluding hydrogens is 541 g/mol. The van der Waals surface area contributed by atoms with Crippen molar-refractivity contribution in [1.29, 1.82) is 0 Å². The number of hydrogen-bond acceptors (Lipinski definition) is 6. The van der Waals surface area contributed by atoms with Crippen molar-refractivity contribution in [2.24, 2.45) is 0 Å². The van der Waals surface area contributed by atoms with E-state index in [1.807, 2.05) is 4.90 Å². The van der Waals surface area contributed by atoms with Crippen LogP contribution in [0.1, 0.15) is 27.2 Å². The van der Waals surface area contributed by atoms with Crippen LogP contribution in [-0.4, -0.2) is 62.7 Å². The van der Waals surface area contributed by atoms with Crippen LogP contribution in [0.2, 0.25) is 0 Å². The third-order valence-electron chi connectivity index (χ3n) is 6.88. The Labute approximate surface area is 231 Å². The summed E-state index contributed by atoms with van der Waals surface area (Å²) in [6, 6.07) is 13.9. The molecule has 0 aliphatic carbocycles. The molecule has 10 nitrogen and oxygen atoms in total. The number of nitrogens with zero attached hydrogens (tertiary/aromatic N) is 5. The van der Waals surface area contributed by atoms with Crippen LogP contribution in [-0.2, 0) is 12.7 Å². The summed E-state index contributed by atoms with van der Waals surface area (Å²) in [5.41, 5.74) is 1.22. The number of anilines is 1. The second-order valence-electron chi connectivity index (χ2n) is 9.53. The number of pyridine rings is 1. The zero-order valence-corrected chi connectivity index (χ0v) is 21.9. The van der Waals surface area contributed by atoms with Crippen molar-refractivity contribution in [2.75, 3.05) is 31.1 Å². The van der Waals surface area contributed by atoms with Crippen LogP contribution in [0, 0.1) is 6.92 Å². The summed E-state index contributed by atoms with van der Waals surface area (Å²) < 4.78 is 39.7. The first-order chi connectivity index (χ1) is 19.5. The van der Waals surface area contributed by atoms with Gasteiger partial charge in [0.2, 0.25) is 5.95 Å². The summed E-state index contributed by atoms with van der Waals surface area (Å²) in [5, 5.41) is 12.6. The maximum atomic E-state index is 13.0. The number of aryl methyl sites for hydroxylation is 1. The Kier molecular flexibility index (Phi) is 7.35. The molecule has 2 aromatic heterocycles. The van der Waals surface area contributed by atoms with Crippen molar-refractivity contribution in [3.63, 3.8) is 0 Å². The van der Waals surface area contributed by atoms with Crippen LogP contribution in [0.15, 0.2) is 65.5 Å². The molecule has 1 aliphatic rings. The predicted octanol–water partition coefficient (Wildman–Crippen LogP) is 3.84. The third-order valence-corrected chi connectivity index (χ3v) is 6.88. The second-order valence-corrected chi connectivity index (χ2v) is 9.53. The van der Waals surface area contributed by atoms with Crippen molar-refractivity contribution in [1.82, 2.24) is 24.8 Å². The van der Waals surface area contributed by atoms with E-state index in [0.29, 0.717) is 65.7 Å². The highest BCUT2D eigenvalue weighted by molar-refractivity contribution is 5.94. The molecule has 0 radical (unpaired) electrons. The number of aromatic nitrogens is 3. The average Bonchev–Trinajstić information content (AvgIpc) is 2.95. The van der Waals surface area contributed by atoms with Crippen LogP contribution in [0.3, 0.4) is 0 Å². The Morgan fingerprint density at radius 3 is 2.20 bits per heavy atom. The van der Waals surface area contributed by atoms with Gasteiger partial charge in [-0.1, -0.05) is 12.1 Å². The molecule has 0 saturated carbocycles. The fraction of sp³-hybridized carbons (Fsp3) is 0.250. The minimum absolute atomic E-state index is 0.0429. The molecule has 0 unspecified atom stereocenters. The van der Waals surface area contributed by atoms with E-state index in [-0.39, 0.29) is 12.1 Å². The van der Waals surface area contributed by atoms with Gasteiger partial charge in [-0.3, -0.25) is 14.2 Å². The molecule has 5 rings (SSSR count). The Balaban J connectivity index is 1.36. The molecule has 0 bridgehead atoms. The number of benzene rings is 2. The summed E-state index contributed by atoms with van der Waals surface area (Å²) >= 11 is 0. The van der Waals surface area contributed by atoms with Gasteiger partial charge in [-0.25, -0.2) is 9.78 Å². The number of piperazine rings is 1. The standard InChI is InChI=1S/C28H25F3N6O4/c1-17-22-10-11-23(38)37(24(22)34-26(33-17)35-12-14-36(15-13-35)27(40)41)21-8-4-19(5-9-21)25(39)32-16-18-2-6-20(7-3-18)28(29,30)31/h2-11H,12-16H2,1H3,(H,32,39)(H,40,41). The predicted molar refractivity (Wildman–Crippen MR) is 144 cm³/mol. The summed E-state index contributed by atoms with van der Waals surface area (Å²) in [5.74, 6) is -0.0404. The van der Waals surface area contributed by atoms with Gasteiger partial charge in [0.15, 0.2) is 5.65 Å². The van der Waals surface area contributed by atoms with E-state index in [9.17, 15) is 32.7 Å². The van der Waals surface area contributed by atoms with E-state index in [0.717, 1.165) is 12.1 Å². The minimum Gasteiger partial charge on any atom is -0.465 e. The van der Waals surface area contributed by atoms with Gasteiger partial charge in [-0.2, -0.15) is 18.2 Å². The minimum atomic E-state index is -4.43. The van der Waals surface area contributed by atoms with Gasteiger partial charge in [0.25, 0.3) is 11.5 Å². The number of carbonyl (C=O) groups is 2. The van der Waals surface area contributed by atoms with E-state index in [2.05, 4.69) is 15.3 Å². The quantitative estimate of drug-likeness (QED) is 0.377. The number of hydrogen-bond donors (Lipinski definition) is 2. The lowest BCUT2D eigenvalue weighted by atomic mass is 10.1. The smallest absolute Gasteiger partial charge is 0.416 e. The number of carboxylic acid groups (broad SMARTS) is 1. The normalized spacial score (nSPS) is 13.9. The number of nitrogens with one attached hydrogen (secondary N) is 1. The highest BCUT2D eigenvalue weighted by Gasteiger charge is 2.30. The molecule has 1 fully saturated rings. The van der Waals surface area contributed by atoms with E-state index in [4.69, 9.17) is 0 Å². The van der Waals surface area contributed by atoms with E-state index in [1.54, 1.807) is 37.3 Å². The van der Waals surface area contributed by atoms with Crippen LogP contribution >= 0.6 is 0 Å². The van der Waals surface area contributed by atoms with Gasteiger partial charge in [-0.15, -0.1) is 0 Å². The maximum Gasteiger partial charge on any atom is 0.416 e. The first-order valence-corrected chi connectivity index (χ1v) is 12.7. The van der Waals surface area contributed by atoms with Gasteiger partial charge in [0, 0.05) is 49.7 Å². The van der Waals surface area contributed by atoms with Crippen molar-refractivity contribution < 1.29 is 27.9 Å². The topological polar surface area (TPSA) is 121 Å². The molecule has 0 atom stereocenters. The molecule has 13 heteroatoms. The summed E-state index contributed by atoms with van der Waals surface area (Å²) in [4.78, 5) is 49.4. The lowest BCUT2D eigenvalue weighted by Gasteiger charge is -2.33. The first kappa shape index (κ1) is 27.6. The Hall–Kier alpha value is -4.94. The van der Waals surface area contributed by atoms with Crippen molar-refractivity contribution >= 4 is 29.0 Å². The average molecular weight is 567 g/mol. The summed E-state index contributed by atoms with van der Waals surface area (Å²) in [6.07, 6.45) is -5.41. The molecule has 4 aromatic rings. The number of alkyl halides is 3. The van der Waals surface area contributed by atoms with Crippen LogP contribution in [0.4, 0.5) is 23.9 Å². The molecule has 2 aromatic carbocycles. The molecule has 2 amide bonds. The zero-order valence-electron chi connectivity index (χ0n) is 21.9. The maximum absolute atomic E-state index is 13.0. The zero-order chi connectivity index (χ0) is 29.3. The van der Waals surface area contributed by atoms with Crippen molar-refractivity contribution in [3.05, 3.63) is 93.4 Å². The number of fused-ring (bicyclic) bond motifs is 1. The van der Waals surface area contributed by atoms with Gasteiger partial charge >= 0.3 is 12.3 Å². The fourth-order valence-corrected chi connectivity index (χ4v) is 4.60. The monoisotopic (exact) mass is 566 g/mol. The number of amides is 2. The van der Waals surface area contributed by atoms with E-state index >= 15 is 0 Å². The van der Waals surface area contributed by atoms with Crippen LogP contribution < -0.4 is 15.8 Å². The van der Waals surface area contributed by atoms with Gasteiger partial charge < -0.3 is 20.2 Å². The van der Waals surface area contributed by atoms with Crippen LogP contribution in [0.25, 0.3) is 16.7 Å². The fourth-order valence-electron chi connectivity index (χ4n) is 4.60. The molecular formula is C28H25F3N6O4. The Morgan fingerprint density at radius 2 is 1.59 bits per heavy atom. The number of rotatable bonds is 5. The van der Waals surface area contributed by atoms with E-state index < -0.39 is 23.7 Å². The third kappa shape index (κ3) is 5.83. The lowest BCUT2D eigenvalue weighted by Crippen LogP contribution is -2.48. The highest BCUT2D eigenvalue weighted by Crippen LogP contribution is 2.29. The molecule has 0 spiro atoms. The van der Waals surface area contributed by atoms with Gasteiger partial charge in [0.1, 0.15) is 0 Å². The molecule has 41 heavy (non-hydrogen) atoms. The SMILES string of the molecule is Cc1nc(N2CCN(C(=O)O)CC2)nc2c1ccc(=O)n2-c1ccc(C(=O)NCc2ccc(C(F)(F)F)cc2)cc1. The second kappa shape index (κ2) is 10.9. The van der Waals surface area contributed by atoms with Crippen molar-refractivity contribution in [3.8, 4) is 5.69 Å². The van der Waals surface area contributed by atoms with Gasteiger partial charge in [0.05, 0.1) is 16.9 Å². The Bertz CT molecular complexity index is 1660. The summed E-state index contributed by atoms with van der Waals surface area (Å²) in [7, 11) is 0. The van der Waals surface area contributed by atoms with Gasteiger partial charge in [-0.05, 0) is 55.0 Å². The molecule has 1 aliphatic heterocycles. The summed E-state index contributed by atoms with van der Waals surface area (Å²) in [6.45, 7) is 3.27.